The molecule has 9 heteroatoms. The van der Waals surface area contributed by atoms with Crippen molar-refractivity contribution in [2.24, 2.45) is 0 Å². The summed E-state index contributed by atoms with van der Waals surface area (Å²) in [6.45, 7) is 1.30. The van der Waals surface area contributed by atoms with E-state index in [0.29, 0.717) is 31.3 Å². The fourth-order valence-corrected chi connectivity index (χ4v) is 5.40. The maximum Gasteiger partial charge on any atom is 0.243 e. The highest BCUT2D eigenvalue weighted by atomic mass is 32.2. The normalized spacial score (nSPS) is 19.0. The van der Waals surface area contributed by atoms with Crippen molar-refractivity contribution in [3.63, 3.8) is 0 Å². The predicted molar refractivity (Wildman–Crippen MR) is 119 cm³/mol. The van der Waals surface area contributed by atoms with Crippen LogP contribution < -0.4 is 14.8 Å². The van der Waals surface area contributed by atoms with Gasteiger partial charge in [0.2, 0.25) is 15.9 Å². The van der Waals surface area contributed by atoms with Gasteiger partial charge in [-0.3, -0.25) is 4.79 Å². The number of hydrogen-bond acceptors (Lipinski definition) is 6. The van der Waals surface area contributed by atoms with Crippen LogP contribution in [0.25, 0.3) is 0 Å². The zero-order valence-corrected chi connectivity index (χ0v) is 19.7. The average molecular weight is 454 g/mol. The quantitative estimate of drug-likeness (QED) is 0.637. The van der Waals surface area contributed by atoms with Crippen molar-refractivity contribution in [1.82, 2.24) is 14.5 Å². The SMILES string of the molecule is CN(C)C1(CNC(=O)CN(C)S(=O)(=O)c2ccc3c(c2)OCCCO3)CCCCCC1. The number of nitrogens with zero attached hydrogens (tertiary/aromatic N) is 2. The number of fused-ring (bicyclic) bond motifs is 1. The Morgan fingerprint density at radius 2 is 1.65 bits per heavy atom. The van der Waals surface area contributed by atoms with Gasteiger partial charge in [0, 0.05) is 31.6 Å². The Hall–Kier alpha value is -1.84. The van der Waals surface area contributed by atoms with Crippen molar-refractivity contribution in [2.75, 3.05) is 47.4 Å². The van der Waals surface area contributed by atoms with E-state index in [1.54, 1.807) is 6.07 Å². The number of carbonyl (C=O) groups excluding carboxylic acids is 1. The lowest BCUT2D eigenvalue weighted by molar-refractivity contribution is -0.121. The van der Waals surface area contributed by atoms with E-state index < -0.39 is 10.0 Å². The van der Waals surface area contributed by atoms with Gasteiger partial charge in [-0.1, -0.05) is 25.7 Å². The lowest BCUT2D eigenvalue weighted by atomic mass is 9.88. The van der Waals surface area contributed by atoms with Crippen molar-refractivity contribution in [3.8, 4) is 11.5 Å². The van der Waals surface area contributed by atoms with Crippen LogP contribution in [0.3, 0.4) is 0 Å². The van der Waals surface area contributed by atoms with Gasteiger partial charge < -0.3 is 19.7 Å². The van der Waals surface area contributed by atoms with Crippen LogP contribution in [0.5, 0.6) is 11.5 Å². The second-order valence-corrected chi connectivity index (χ2v) is 10.8. The molecular weight excluding hydrogens is 418 g/mol. The zero-order chi connectivity index (χ0) is 22.5. The molecule has 31 heavy (non-hydrogen) atoms. The lowest BCUT2D eigenvalue weighted by Crippen LogP contribution is -2.53. The second-order valence-electron chi connectivity index (χ2n) is 8.73. The van der Waals surface area contributed by atoms with E-state index in [1.807, 2.05) is 0 Å². The van der Waals surface area contributed by atoms with Crippen LogP contribution in [0.15, 0.2) is 23.1 Å². The minimum Gasteiger partial charge on any atom is -0.490 e. The van der Waals surface area contributed by atoms with E-state index >= 15 is 0 Å². The third kappa shape index (κ3) is 5.70. The molecule has 1 heterocycles. The summed E-state index contributed by atoms with van der Waals surface area (Å²) in [5, 5.41) is 2.98. The van der Waals surface area contributed by atoms with Crippen LogP contribution >= 0.6 is 0 Å². The highest BCUT2D eigenvalue weighted by Crippen LogP contribution is 2.33. The van der Waals surface area contributed by atoms with Crippen LogP contribution in [0.4, 0.5) is 0 Å². The van der Waals surface area contributed by atoms with Crippen LogP contribution in [-0.2, 0) is 14.8 Å². The van der Waals surface area contributed by atoms with Gasteiger partial charge in [-0.2, -0.15) is 4.31 Å². The molecule has 1 aromatic rings. The van der Waals surface area contributed by atoms with Crippen molar-refractivity contribution >= 4 is 15.9 Å². The number of sulfonamides is 1. The minimum absolute atomic E-state index is 0.0715. The Labute approximate surface area is 185 Å². The van der Waals surface area contributed by atoms with E-state index in [4.69, 9.17) is 9.47 Å². The Balaban J connectivity index is 1.64. The fourth-order valence-electron chi connectivity index (χ4n) is 4.26. The van der Waals surface area contributed by atoms with E-state index in [-0.39, 0.29) is 22.9 Å². The molecule has 2 aliphatic rings. The third-order valence-electron chi connectivity index (χ3n) is 6.39. The molecule has 0 aromatic heterocycles. The molecule has 0 spiro atoms. The molecule has 1 amide bonds. The molecule has 1 aliphatic heterocycles. The molecule has 0 radical (unpaired) electrons. The number of hydrogen-bond donors (Lipinski definition) is 1. The molecule has 1 fully saturated rings. The maximum absolute atomic E-state index is 13.0. The highest BCUT2D eigenvalue weighted by Gasteiger charge is 2.34. The minimum atomic E-state index is -3.83. The van der Waals surface area contributed by atoms with E-state index in [2.05, 4.69) is 24.3 Å². The van der Waals surface area contributed by atoms with Gasteiger partial charge >= 0.3 is 0 Å². The van der Waals surface area contributed by atoms with E-state index in [0.717, 1.165) is 36.4 Å². The van der Waals surface area contributed by atoms with E-state index in [1.165, 1.54) is 32.0 Å². The summed E-state index contributed by atoms with van der Waals surface area (Å²) in [4.78, 5) is 14.9. The van der Waals surface area contributed by atoms with Gasteiger partial charge in [-0.25, -0.2) is 8.42 Å². The van der Waals surface area contributed by atoms with Crippen LogP contribution in [0.1, 0.15) is 44.9 Å². The molecule has 0 atom stereocenters. The third-order valence-corrected chi connectivity index (χ3v) is 8.19. The first kappa shape index (κ1) is 23.8. The second kappa shape index (κ2) is 10.2. The molecular formula is C22H35N3O5S. The topological polar surface area (TPSA) is 88.2 Å². The molecule has 0 saturated heterocycles. The Bertz CT molecular complexity index is 864. The standard InChI is InChI=1S/C22H35N3O5S/c1-24(2)22(11-6-4-5-7-12-22)17-23-21(26)16-25(3)31(27,28)18-9-10-19-20(15-18)30-14-8-13-29-19/h9-10,15H,4-8,11-14,16-17H2,1-3H3,(H,23,26). The number of likely N-dealkylation sites (N-methyl/N-ethyl adjacent to an activating group) is 2. The summed E-state index contributed by atoms with van der Waals surface area (Å²) in [6.07, 6.45) is 7.54. The van der Waals surface area contributed by atoms with Crippen molar-refractivity contribution in [1.29, 1.82) is 0 Å². The monoisotopic (exact) mass is 453 g/mol. The van der Waals surface area contributed by atoms with Crippen LogP contribution in [0, 0.1) is 0 Å². The van der Waals surface area contributed by atoms with Gasteiger partial charge in [0.15, 0.2) is 11.5 Å². The molecule has 0 unspecified atom stereocenters. The van der Waals surface area contributed by atoms with E-state index in [9.17, 15) is 13.2 Å². The molecule has 3 rings (SSSR count). The first-order valence-corrected chi connectivity index (χ1v) is 12.5. The van der Waals surface area contributed by atoms with Gasteiger partial charge in [0.05, 0.1) is 24.7 Å². The predicted octanol–water partition coefficient (Wildman–Crippen LogP) is 2.24. The molecule has 0 bridgehead atoms. The highest BCUT2D eigenvalue weighted by molar-refractivity contribution is 7.89. The fraction of sp³-hybridized carbons (Fsp3) is 0.682. The zero-order valence-electron chi connectivity index (χ0n) is 18.9. The van der Waals surface area contributed by atoms with Crippen LogP contribution in [-0.4, -0.2) is 76.5 Å². The summed E-state index contributed by atoms with van der Waals surface area (Å²) >= 11 is 0. The molecule has 1 aliphatic carbocycles. The summed E-state index contributed by atoms with van der Waals surface area (Å²) in [6, 6.07) is 4.56. The van der Waals surface area contributed by atoms with Gasteiger partial charge in [-0.05, 0) is 39.1 Å². The van der Waals surface area contributed by atoms with Crippen molar-refractivity contribution in [2.45, 2.75) is 55.4 Å². The first-order chi connectivity index (χ1) is 14.7. The van der Waals surface area contributed by atoms with Gasteiger partial charge in [-0.15, -0.1) is 0 Å². The number of carbonyl (C=O) groups is 1. The number of amides is 1. The Morgan fingerprint density at radius 3 is 2.29 bits per heavy atom. The summed E-state index contributed by atoms with van der Waals surface area (Å²) < 4.78 is 38.3. The maximum atomic E-state index is 13.0. The van der Waals surface area contributed by atoms with Crippen molar-refractivity contribution in [3.05, 3.63) is 18.2 Å². The summed E-state index contributed by atoms with van der Waals surface area (Å²) in [5.41, 5.74) is -0.0715. The van der Waals surface area contributed by atoms with Gasteiger partial charge in [0.25, 0.3) is 0 Å². The molecule has 8 nitrogen and oxygen atoms in total. The number of nitrogens with one attached hydrogen (secondary N) is 1. The Morgan fingerprint density at radius 1 is 1.00 bits per heavy atom. The first-order valence-electron chi connectivity index (χ1n) is 11.0. The summed E-state index contributed by atoms with van der Waals surface area (Å²) in [7, 11) is 1.70. The molecule has 1 aromatic carbocycles. The Kier molecular flexibility index (Phi) is 7.82. The molecule has 174 valence electrons. The molecule has 1 N–H and O–H groups in total. The largest absolute Gasteiger partial charge is 0.490 e. The number of rotatable bonds is 7. The summed E-state index contributed by atoms with van der Waals surface area (Å²) in [5.74, 6) is 0.651. The number of ether oxygens (including phenoxy) is 2. The molecule has 1 saturated carbocycles. The van der Waals surface area contributed by atoms with Gasteiger partial charge in [0.1, 0.15) is 0 Å². The number of benzene rings is 1. The lowest BCUT2D eigenvalue weighted by Gasteiger charge is -2.39. The van der Waals surface area contributed by atoms with Crippen molar-refractivity contribution < 1.29 is 22.7 Å². The average Bonchev–Trinajstić information content (AvgIpc) is 3.13. The smallest absolute Gasteiger partial charge is 0.243 e. The van der Waals surface area contributed by atoms with Crippen LogP contribution in [0.2, 0.25) is 0 Å².